The molecule has 1 atom stereocenters. The molecule has 1 aliphatic heterocycles. The summed E-state index contributed by atoms with van der Waals surface area (Å²) >= 11 is 0. The fourth-order valence-electron chi connectivity index (χ4n) is 3.06. The molecule has 8 heteroatoms. The molecule has 160 valence electrons. The first-order valence-electron chi connectivity index (χ1n) is 9.72. The van der Waals surface area contributed by atoms with Gasteiger partial charge in [0.15, 0.2) is 17.5 Å². The molecule has 0 aromatic heterocycles. The van der Waals surface area contributed by atoms with E-state index in [0.717, 1.165) is 69.8 Å². The molecule has 0 saturated carbocycles. The Morgan fingerprint density at radius 2 is 1.89 bits per heavy atom. The van der Waals surface area contributed by atoms with Crippen LogP contribution in [0, 0.1) is 0 Å². The quantitative estimate of drug-likeness (QED) is 0.304. The van der Waals surface area contributed by atoms with Crippen molar-refractivity contribution < 1.29 is 14.2 Å². The van der Waals surface area contributed by atoms with Crippen molar-refractivity contribution >= 4 is 29.9 Å². The highest BCUT2D eigenvalue weighted by Gasteiger charge is 2.16. The summed E-state index contributed by atoms with van der Waals surface area (Å²) in [6.07, 6.45) is 0.879. The highest BCUT2D eigenvalue weighted by molar-refractivity contribution is 14.0. The summed E-state index contributed by atoms with van der Waals surface area (Å²) in [5, 5.41) is 6.74. The van der Waals surface area contributed by atoms with Gasteiger partial charge >= 0.3 is 0 Å². The Balaban J connectivity index is 0.00000392. The molecule has 1 aromatic carbocycles. The summed E-state index contributed by atoms with van der Waals surface area (Å²) in [5.74, 6) is 2.37. The van der Waals surface area contributed by atoms with Gasteiger partial charge in [0, 0.05) is 32.2 Å². The second-order valence-electron chi connectivity index (χ2n) is 6.58. The van der Waals surface area contributed by atoms with E-state index in [4.69, 9.17) is 19.2 Å². The maximum absolute atomic E-state index is 5.42. The van der Waals surface area contributed by atoms with Crippen molar-refractivity contribution in [2.45, 2.75) is 26.3 Å². The van der Waals surface area contributed by atoms with E-state index >= 15 is 0 Å². The Bertz CT molecular complexity index is 595. The second kappa shape index (κ2) is 13.8. The molecular weight excluding hydrogens is 471 g/mol. The highest BCUT2D eigenvalue weighted by atomic mass is 127. The number of methoxy groups -OCH3 is 2. The minimum atomic E-state index is 0. The van der Waals surface area contributed by atoms with Crippen LogP contribution in [0.2, 0.25) is 0 Å². The molecule has 1 aromatic rings. The first-order chi connectivity index (χ1) is 13.2. The lowest BCUT2D eigenvalue weighted by atomic mass is 10.1. The van der Waals surface area contributed by atoms with Crippen LogP contribution >= 0.6 is 24.0 Å². The van der Waals surface area contributed by atoms with Crippen LogP contribution in [-0.4, -0.2) is 77.1 Å². The molecule has 0 amide bonds. The molecule has 0 spiro atoms. The van der Waals surface area contributed by atoms with E-state index in [0.29, 0.717) is 6.04 Å². The van der Waals surface area contributed by atoms with Crippen molar-refractivity contribution in [2.24, 2.45) is 4.99 Å². The number of halogens is 1. The van der Waals surface area contributed by atoms with Crippen LogP contribution in [-0.2, 0) is 11.2 Å². The van der Waals surface area contributed by atoms with E-state index in [1.165, 1.54) is 5.56 Å². The Morgan fingerprint density at radius 3 is 2.54 bits per heavy atom. The third-order valence-electron chi connectivity index (χ3n) is 4.68. The largest absolute Gasteiger partial charge is 0.493 e. The number of ether oxygens (including phenoxy) is 3. The van der Waals surface area contributed by atoms with Crippen LogP contribution in [0.1, 0.15) is 19.4 Å². The number of guanidine groups is 1. The molecule has 1 saturated heterocycles. The van der Waals surface area contributed by atoms with Crippen LogP contribution in [0.4, 0.5) is 0 Å². The minimum Gasteiger partial charge on any atom is -0.493 e. The van der Waals surface area contributed by atoms with E-state index in [1.807, 2.05) is 12.1 Å². The van der Waals surface area contributed by atoms with Crippen molar-refractivity contribution in [3.05, 3.63) is 23.8 Å². The van der Waals surface area contributed by atoms with Gasteiger partial charge in [-0.15, -0.1) is 24.0 Å². The lowest BCUT2D eigenvalue weighted by Gasteiger charge is -2.31. The summed E-state index contributed by atoms with van der Waals surface area (Å²) in [6.45, 7) is 10.3. The average molecular weight is 506 g/mol. The maximum atomic E-state index is 5.42. The van der Waals surface area contributed by atoms with Crippen LogP contribution in [0.25, 0.3) is 0 Å². The maximum Gasteiger partial charge on any atom is 0.191 e. The Morgan fingerprint density at radius 1 is 1.18 bits per heavy atom. The van der Waals surface area contributed by atoms with Crippen molar-refractivity contribution in [1.82, 2.24) is 15.5 Å². The number of nitrogens with one attached hydrogen (secondary N) is 2. The predicted octanol–water partition coefficient (Wildman–Crippen LogP) is 2.14. The first-order valence-corrected chi connectivity index (χ1v) is 9.72. The van der Waals surface area contributed by atoms with Gasteiger partial charge in [-0.1, -0.05) is 6.07 Å². The smallest absolute Gasteiger partial charge is 0.191 e. The molecule has 0 bridgehead atoms. The van der Waals surface area contributed by atoms with Crippen LogP contribution in [0.5, 0.6) is 11.5 Å². The van der Waals surface area contributed by atoms with Gasteiger partial charge in [0.2, 0.25) is 0 Å². The SMILES string of the molecule is CCNC(=NCC(C)N1CCOCC1)NCCc1ccc(OC)c(OC)c1.I. The van der Waals surface area contributed by atoms with E-state index in [-0.39, 0.29) is 24.0 Å². The summed E-state index contributed by atoms with van der Waals surface area (Å²) in [4.78, 5) is 7.18. The van der Waals surface area contributed by atoms with Gasteiger partial charge in [-0.25, -0.2) is 0 Å². The van der Waals surface area contributed by atoms with Gasteiger partial charge in [0.05, 0.1) is 34.0 Å². The van der Waals surface area contributed by atoms with E-state index in [2.05, 4.69) is 35.4 Å². The van der Waals surface area contributed by atoms with Crippen molar-refractivity contribution in [3.8, 4) is 11.5 Å². The van der Waals surface area contributed by atoms with Gasteiger partial charge in [0.1, 0.15) is 0 Å². The molecule has 28 heavy (non-hydrogen) atoms. The number of hydrogen-bond acceptors (Lipinski definition) is 5. The number of benzene rings is 1. The molecule has 1 heterocycles. The number of rotatable bonds is 9. The summed E-state index contributed by atoms with van der Waals surface area (Å²) in [6, 6.07) is 6.44. The number of hydrogen-bond donors (Lipinski definition) is 2. The second-order valence-corrected chi connectivity index (χ2v) is 6.58. The average Bonchev–Trinajstić information content (AvgIpc) is 2.72. The Labute approximate surface area is 186 Å². The minimum absolute atomic E-state index is 0. The molecule has 7 nitrogen and oxygen atoms in total. The number of aliphatic imine (C=N–C) groups is 1. The molecule has 1 unspecified atom stereocenters. The summed E-state index contributed by atoms with van der Waals surface area (Å²) < 4.78 is 16.1. The summed E-state index contributed by atoms with van der Waals surface area (Å²) in [5.41, 5.74) is 1.19. The monoisotopic (exact) mass is 506 g/mol. The fraction of sp³-hybridized carbons (Fsp3) is 0.650. The zero-order chi connectivity index (χ0) is 19.5. The lowest BCUT2D eigenvalue weighted by Crippen LogP contribution is -2.44. The van der Waals surface area contributed by atoms with Gasteiger partial charge in [0.25, 0.3) is 0 Å². The third kappa shape index (κ3) is 8.00. The molecule has 1 fully saturated rings. The normalized spacial score (nSPS) is 16.1. The highest BCUT2D eigenvalue weighted by Crippen LogP contribution is 2.27. The van der Waals surface area contributed by atoms with Crippen LogP contribution < -0.4 is 20.1 Å². The van der Waals surface area contributed by atoms with Crippen molar-refractivity contribution in [3.63, 3.8) is 0 Å². The molecule has 2 rings (SSSR count). The first kappa shape index (κ1) is 24.8. The van der Waals surface area contributed by atoms with E-state index in [9.17, 15) is 0 Å². The van der Waals surface area contributed by atoms with Crippen LogP contribution in [0.3, 0.4) is 0 Å². The predicted molar refractivity (Wildman–Crippen MR) is 125 cm³/mol. The fourth-order valence-corrected chi connectivity index (χ4v) is 3.06. The molecule has 0 aliphatic carbocycles. The Kier molecular flexibility index (Phi) is 12.2. The third-order valence-corrected chi connectivity index (χ3v) is 4.68. The zero-order valence-electron chi connectivity index (χ0n) is 17.5. The van der Waals surface area contributed by atoms with Gasteiger partial charge in [-0.05, 0) is 38.0 Å². The van der Waals surface area contributed by atoms with Crippen molar-refractivity contribution in [2.75, 3.05) is 60.2 Å². The summed E-state index contributed by atoms with van der Waals surface area (Å²) in [7, 11) is 3.31. The molecule has 0 radical (unpaired) electrons. The zero-order valence-corrected chi connectivity index (χ0v) is 19.8. The van der Waals surface area contributed by atoms with Gasteiger partial charge in [-0.2, -0.15) is 0 Å². The van der Waals surface area contributed by atoms with Crippen LogP contribution in [0.15, 0.2) is 23.2 Å². The topological polar surface area (TPSA) is 67.4 Å². The molecule has 2 N–H and O–H groups in total. The lowest BCUT2D eigenvalue weighted by molar-refractivity contribution is 0.0220. The molecular formula is C20H35IN4O3. The number of nitrogens with zero attached hydrogens (tertiary/aromatic N) is 2. The molecule has 1 aliphatic rings. The van der Waals surface area contributed by atoms with Crippen molar-refractivity contribution in [1.29, 1.82) is 0 Å². The number of morpholine rings is 1. The Hall–Kier alpha value is -1.26. The van der Waals surface area contributed by atoms with E-state index < -0.39 is 0 Å². The standard InChI is InChI=1S/C20H34N4O3.HI/c1-5-21-20(23-15-16(2)24-10-12-27-13-11-24)22-9-8-17-6-7-18(25-3)19(14-17)26-4;/h6-7,14,16H,5,8-13,15H2,1-4H3,(H2,21,22,23);1H. The van der Waals surface area contributed by atoms with Gasteiger partial charge in [-0.3, -0.25) is 9.89 Å². The van der Waals surface area contributed by atoms with Gasteiger partial charge < -0.3 is 24.8 Å². The van der Waals surface area contributed by atoms with E-state index in [1.54, 1.807) is 14.2 Å².